The van der Waals surface area contributed by atoms with Gasteiger partial charge in [0.25, 0.3) is 0 Å². The lowest BCUT2D eigenvalue weighted by Crippen LogP contribution is -2.21. The Kier molecular flexibility index (Phi) is 4.72. The highest BCUT2D eigenvalue weighted by atomic mass is 16.5. The number of nitrogens with two attached hydrogens (primary N) is 2. The molecule has 0 aliphatic heterocycles. The molecule has 2 aromatic rings. The zero-order chi connectivity index (χ0) is 14.2. The molecule has 0 bridgehead atoms. The highest BCUT2D eigenvalue weighted by Crippen LogP contribution is 2.14. The highest BCUT2D eigenvalue weighted by Gasteiger charge is 1.96. The van der Waals surface area contributed by atoms with Crippen LogP contribution in [0.25, 0.3) is 0 Å². The second kappa shape index (κ2) is 6.94. The molecule has 4 N–H and O–H groups in total. The zero-order valence-electron chi connectivity index (χ0n) is 10.9. The van der Waals surface area contributed by atoms with Crippen molar-refractivity contribution >= 4 is 12.2 Å². The fourth-order valence-electron chi connectivity index (χ4n) is 1.59. The Hall–Kier alpha value is -2.82. The first kappa shape index (κ1) is 13.6. The van der Waals surface area contributed by atoms with Gasteiger partial charge in [0.05, 0.1) is 6.21 Å². The summed E-state index contributed by atoms with van der Waals surface area (Å²) in [7, 11) is 0. The number of guanidine groups is 1. The maximum absolute atomic E-state index is 5.71. The van der Waals surface area contributed by atoms with E-state index in [0.29, 0.717) is 6.61 Å². The number of rotatable bonds is 5. The van der Waals surface area contributed by atoms with Gasteiger partial charge in [-0.05, 0) is 23.3 Å². The van der Waals surface area contributed by atoms with E-state index in [9.17, 15) is 0 Å². The van der Waals surface area contributed by atoms with Gasteiger partial charge < -0.3 is 16.2 Å². The van der Waals surface area contributed by atoms with Gasteiger partial charge in [-0.3, -0.25) is 0 Å². The van der Waals surface area contributed by atoms with Crippen molar-refractivity contribution in [2.24, 2.45) is 21.7 Å². The van der Waals surface area contributed by atoms with E-state index in [2.05, 4.69) is 10.2 Å². The molecule has 0 spiro atoms. The summed E-state index contributed by atoms with van der Waals surface area (Å²) in [6.45, 7) is 0.523. The van der Waals surface area contributed by atoms with Crippen LogP contribution in [0.3, 0.4) is 0 Å². The van der Waals surface area contributed by atoms with Crippen molar-refractivity contribution in [2.45, 2.75) is 6.61 Å². The molecule has 5 nitrogen and oxygen atoms in total. The van der Waals surface area contributed by atoms with E-state index >= 15 is 0 Å². The summed E-state index contributed by atoms with van der Waals surface area (Å²) >= 11 is 0. The summed E-state index contributed by atoms with van der Waals surface area (Å²) in [6.07, 6.45) is 1.56. The monoisotopic (exact) mass is 268 g/mol. The third-order valence-electron chi connectivity index (χ3n) is 2.49. The quantitative estimate of drug-likeness (QED) is 0.493. The average molecular weight is 268 g/mol. The number of ether oxygens (including phenoxy) is 1. The van der Waals surface area contributed by atoms with Gasteiger partial charge in [-0.15, -0.1) is 5.10 Å². The van der Waals surface area contributed by atoms with Gasteiger partial charge in [-0.1, -0.05) is 42.5 Å². The molecular formula is C15H16N4O. The molecule has 0 amide bonds. The van der Waals surface area contributed by atoms with Gasteiger partial charge in [-0.25, -0.2) is 0 Å². The lowest BCUT2D eigenvalue weighted by atomic mass is 10.2. The van der Waals surface area contributed by atoms with E-state index in [0.717, 1.165) is 16.9 Å². The number of hydrogen-bond acceptors (Lipinski definition) is 3. The summed E-state index contributed by atoms with van der Waals surface area (Å²) in [4.78, 5) is 0. The van der Waals surface area contributed by atoms with Crippen LogP contribution in [0, 0.1) is 0 Å². The average Bonchev–Trinajstić information content (AvgIpc) is 2.46. The Bertz CT molecular complexity index is 604. The lowest BCUT2D eigenvalue weighted by Gasteiger charge is -2.06. The summed E-state index contributed by atoms with van der Waals surface area (Å²) in [5.74, 6) is 0.695. The van der Waals surface area contributed by atoms with E-state index in [1.165, 1.54) is 0 Å². The first-order valence-corrected chi connectivity index (χ1v) is 6.13. The van der Waals surface area contributed by atoms with E-state index in [4.69, 9.17) is 16.2 Å². The smallest absolute Gasteiger partial charge is 0.211 e. The standard InChI is InChI=1S/C15H16N4O/c16-15(17)19-18-10-13-7-4-8-14(9-13)20-11-12-5-2-1-3-6-12/h1-10H,11H2,(H4,16,17,19)/b18-10+. The summed E-state index contributed by atoms with van der Waals surface area (Å²) in [5.41, 5.74) is 12.4. The third-order valence-corrected chi connectivity index (χ3v) is 2.49. The maximum Gasteiger partial charge on any atom is 0.211 e. The van der Waals surface area contributed by atoms with Crippen LogP contribution in [0.15, 0.2) is 64.8 Å². The van der Waals surface area contributed by atoms with Gasteiger partial charge in [0.15, 0.2) is 0 Å². The van der Waals surface area contributed by atoms with Crippen molar-refractivity contribution in [3.63, 3.8) is 0 Å². The minimum Gasteiger partial charge on any atom is -0.489 e. The van der Waals surface area contributed by atoms with Crippen LogP contribution in [0.1, 0.15) is 11.1 Å². The molecular weight excluding hydrogens is 252 g/mol. The fraction of sp³-hybridized carbons (Fsp3) is 0.0667. The largest absolute Gasteiger partial charge is 0.489 e. The first-order chi connectivity index (χ1) is 9.74. The molecule has 5 heteroatoms. The molecule has 0 atom stereocenters. The van der Waals surface area contributed by atoms with Crippen LogP contribution in [-0.2, 0) is 6.61 Å². The van der Waals surface area contributed by atoms with Crippen molar-refractivity contribution in [1.29, 1.82) is 0 Å². The zero-order valence-corrected chi connectivity index (χ0v) is 10.9. The van der Waals surface area contributed by atoms with Crippen LogP contribution in [0.2, 0.25) is 0 Å². The topological polar surface area (TPSA) is 86.0 Å². The maximum atomic E-state index is 5.71. The molecule has 102 valence electrons. The molecule has 0 aromatic heterocycles. The summed E-state index contributed by atoms with van der Waals surface area (Å²) in [5, 5.41) is 7.30. The Morgan fingerprint density at radius 3 is 2.60 bits per heavy atom. The molecule has 20 heavy (non-hydrogen) atoms. The summed E-state index contributed by atoms with van der Waals surface area (Å²) in [6, 6.07) is 17.5. The first-order valence-electron chi connectivity index (χ1n) is 6.13. The van der Waals surface area contributed by atoms with Crippen LogP contribution in [0.4, 0.5) is 0 Å². The molecule has 0 saturated heterocycles. The SMILES string of the molecule is NC(N)=N/N=C/c1cccc(OCc2ccccc2)c1. The van der Waals surface area contributed by atoms with Gasteiger partial charge >= 0.3 is 0 Å². The molecule has 2 aromatic carbocycles. The van der Waals surface area contributed by atoms with Crippen molar-refractivity contribution < 1.29 is 4.74 Å². The predicted molar refractivity (Wildman–Crippen MR) is 80.6 cm³/mol. The van der Waals surface area contributed by atoms with E-state index < -0.39 is 0 Å². The minimum absolute atomic E-state index is 0.0715. The molecule has 0 aliphatic carbocycles. The molecule has 0 radical (unpaired) electrons. The van der Waals surface area contributed by atoms with Gasteiger partial charge in [0.1, 0.15) is 12.4 Å². The lowest BCUT2D eigenvalue weighted by molar-refractivity contribution is 0.306. The Morgan fingerprint density at radius 1 is 1.05 bits per heavy atom. The molecule has 2 rings (SSSR count). The fourth-order valence-corrected chi connectivity index (χ4v) is 1.59. The van der Waals surface area contributed by atoms with Gasteiger partial charge in [0, 0.05) is 0 Å². The predicted octanol–water partition coefficient (Wildman–Crippen LogP) is 1.87. The van der Waals surface area contributed by atoms with Crippen molar-refractivity contribution in [3.8, 4) is 5.75 Å². The Balaban J connectivity index is 1.99. The van der Waals surface area contributed by atoms with Gasteiger partial charge in [0.2, 0.25) is 5.96 Å². The Morgan fingerprint density at radius 2 is 1.85 bits per heavy atom. The van der Waals surface area contributed by atoms with Crippen molar-refractivity contribution in [1.82, 2.24) is 0 Å². The number of hydrogen-bond donors (Lipinski definition) is 2. The van der Waals surface area contributed by atoms with Crippen LogP contribution < -0.4 is 16.2 Å². The van der Waals surface area contributed by atoms with E-state index in [1.807, 2.05) is 54.6 Å². The number of nitrogens with zero attached hydrogens (tertiary/aromatic N) is 2. The van der Waals surface area contributed by atoms with Crippen LogP contribution >= 0.6 is 0 Å². The highest BCUT2D eigenvalue weighted by molar-refractivity contribution is 5.81. The van der Waals surface area contributed by atoms with Crippen LogP contribution in [0.5, 0.6) is 5.75 Å². The molecule has 0 heterocycles. The molecule has 0 unspecified atom stereocenters. The minimum atomic E-state index is -0.0715. The number of benzene rings is 2. The third kappa shape index (κ3) is 4.45. The van der Waals surface area contributed by atoms with Crippen molar-refractivity contribution in [3.05, 3.63) is 65.7 Å². The van der Waals surface area contributed by atoms with E-state index in [1.54, 1.807) is 6.21 Å². The molecule has 0 saturated carbocycles. The summed E-state index contributed by atoms with van der Waals surface area (Å²) < 4.78 is 5.71. The Labute approximate surface area is 117 Å². The van der Waals surface area contributed by atoms with Crippen molar-refractivity contribution in [2.75, 3.05) is 0 Å². The van der Waals surface area contributed by atoms with E-state index in [-0.39, 0.29) is 5.96 Å². The molecule has 0 fully saturated rings. The van der Waals surface area contributed by atoms with Crippen LogP contribution in [-0.4, -0.2) is 12.2 Å². The second-order valence-corrected chi connectivity index (χ2v) is 4.12. The van der Waals surface area contributed by atoms with Gasteiger partial charge in [-0.2, -0.15) is 5.10 Å². The second-order valence-electron chi connectivity index (χ2n) is 4.12. The molecule has 0 aliphatic rings. The normalized spacial score (nSPS) is 10.4.